The van der Waals surface area contributed by atoms with Crippen molar-refractivity contribution in [3.63, 3.8) is 0 Å². The largest absolute Gasteiger partial charge is 0.383 e. The van der Waals surface area contributed by atoms with Gasteiger partial charge in [-0.05, 0) is 30.5 Å². The van der Waals surface area contributed by atoms with E-state index >= 15 is 0 Å². The van der Waals surface area contributed by atoms with Gasteiger partial charge in [-0.1, -0.05) is 11.6 Å². The van der Waals surface area contributed by atoms with E-state index in [1.165, 1.54) is 13.8 Å². The summed E-state index contributed by atoms with van der Waals surface area (Å²) in [7, 11) is 3.30. The number of aromatic nitrogens is 7. The third-order valence-corrected chi connectivity index (χ3v) is 5.36. The van der Waals surface area contributed by atoms with Gasteiger partial charge in [-0.2, -0.15) is 14.8 Å². The molecule has 0 fully saturated rings. The third kappa shape index (κ3) is 2.50. The van der Waals surface area contributed by atoms with Crippen LogP contribution in [0.2, 0.25) is 0 Å². The minimum Gasteiger partial charge on any atom is -0.383 e. The summed E-state index contributed by atoms with van der Waals surface area (Å²) in [4.78, 5) is 34.0. The lowest BCUT2D eigenvalue weighted by molar-refractivity contribution is 0.648. The second-order valence-corrected chi connectivity index (χ2v) is 7.43. The van der Waals surface area contributed by atoms with Gasteiger partial charge in [0.25, 0.3) is 5.56 Å². The summed E-state index contributed by atoms with van der Waals surface area (Å²) in [5.41, 5.74) is 8.52. The van der Waals surface area contributed by atoms with Gasteiger partial charge in [0, 0.05) is 31.4 Å². The SMILES string of the molecule is Cc1ccc2[nH]c(Cn3c(=O)c4c(nc(-n5nccc5N)n4C)n(C)c3=O)cc2c1. The van der Waals surface area contributed by atoms with Crippen LogP contribution in [0.4, 0.5) is 5.82 Å². The number of rotatable bonds is 3. The molecule has 30 heavy (non-hydrogen) atoms. The summed E-state index contributed by atoms with van der Waals surface area (Å²) in [6, 6.07) is 9.64. The van der Waals surface area contributed by atoms with Crippen molar-refractivity contribution in [3.05, 3.63) is 68.6 Å². The van der Waals surface area contributed by atoms with E-state index in [1.54, 1.807) is 30.9 Å². The van der Waals surface area contributed by atoms with Gasteiger partial charge in [0.1, 0.15) is 5.82 Å². The number of fused-ring (bicyclic) bond motifs is 2. The number of aromatic amines is 1. The van der Waals surface area contributed by atoms with Crippen molar-refractivity contribution < 1.29 is 0 Å². The number of nitrogen functional groups attached to an aromatic ring is 1. The number of imidazole rings is 1. The molecule has 0 atom stereocenters. The molecule has 1 aromatic carbocycles. The topological polar surface area (TPSA) is 121 Å². The highest BCUT2D eigenvalue weighted by atomic mass is 16.2. The zero-order chi connectivity index (χ0) is 21.2. The number of hydrogen-bond donors (Lipinski definition) is 2. The molecule has 0 bridgehead atoms. The minimum atomic E-state index is -0.444. The molecule has 0 aliphatic rings. The van der Waals surface area contributed by atoms with Crippen molar-refractivity contribution in [2.75, 3.05) is 5.73 Å². The first-order valence-electron chi connectivity index (χ1n) is 9.39. The van der Waals surface area contributed by atoms with Crippen LogP contribution >= 0.6 is 0 Å². The quantitative estimate of drug-likeness (QED) is 0.465. The predicted molar refractivity (Wildman–Crippen MR) is 114 cm³/mol. The number of benzene rings is 1. The molecule has 5 aromatic rings. The Kier molecular flexibility index (Phi) is 3.72. The molecule has 0 aliphatic carbocycles. The summed E-state index contributed by atoms with van der Waals surface area (Å²) in [5.74, 6) is 0.741. The normalized spacial score (nSPS) is 11.7. The standard InChI is InChI=1S/C20H20N8O2/c1-11-4-5-14-12(8-11)9-13(23-14)10-27-18(29)16-17(26(3)20(27)30)24-19(25(16)2)28-15(21)6-7-22-28/h4-9,23H,10,21H2,1-3H3. The van der Waals surface area contributed by atoms with Crippen LogP contribution < -0.4 is 17.0 Å². The summed E-state index contributed by atoms with van der Waals surface area (Å²) < 4.78 is 5.60. The second kappa shape index (κ2) is 6.21. The van der Waals surface area contributed by atoms with Crippen LogP contribution in [-0.4, -0.2) is 33.4 Å². The number of nitrogens with one attached hydrogen (secondary N) is 1. The summed E-state index contributed by atoms with van der Waals surface area (Å²) in [6.07, 6.45) is 1.55. The van der Waals surface area contributed by atoms with Gasteiger partial charge in [0.15, 0.2) is 11.2 Å². The van der Waals surface area contributed by atoms with Crippen LogP contribution in [0.15, 0.2) is 46.1 Å². The fourth-order valence-corrected chi connectivity index (χ4v) is 3.81. The number of nitrogens with zero attached hydrogens (tertiary/aromatic N) is 6. The molecule has 152 valence electrons. The highest BCUT2D eigenvalue weighted by molar-refractivity contribution is 5.81. The Morgan fingerprint density at radius 1 is 1.10 bits per heavy atom. The van der Waals surface area contributed by atoms with Crippen molar-refractivity contribution in [2.24, 2.45) is 14.1 Å². The molecule has 5 rings (SSSR count). The van der Waals surface area contributed by atoms with Crippen molar-refractivity contribution >= 4 is 27.9 Å². The first-order valence-corrected chi connectivity index (χ1v) is 9.39. The molecule has 10 nitrogen and oxygen atoms in total. The number of hydrogen-bond acceptors (Lipinski definition) is 5. The van der Waals surface area contributed by atoms with E-state index in [0.717, 1.165) is 22.2 Å². The molecule has 0 unspecified atom stereocenters. The molecule has 0 amide bonds. The lowest BCUT2D eigenvalue weighted by atomic mass is 10.2. The number of anilines is 1. The van der Waals surface area contributed by atoms with E-state index in [9.17, 15) is 9.59 Å². The highest BCUT2D eigenvalue weighted by Crippen LogP contribution is 2.18. The molecule has 3 N–H and O–H groups in total. The Labute approximate surface area is 169 Å². The number of H-pyrrole nitrogens is 1. The summed E-state index contributed by atoms with van der Waals surface area (Å²) in [5, 5.41) is 5.19. The Hall–Kier alpha value is -4.08. The van der Waals surface area contributed by atoms with Gasteiger partial charge in [0.05, 0.1) is 12.7 Å². The molecule has 10 heteroatoms. The van der Waals surface area contributed by atoms with Gasteiger partial charge in [-0.3, -0.25) is 13.9 Å². The number of nitrogens with two attached hydrogens (primary N) is 1. The first-order chi connectivity index (χ1) is 14.3. The molecule has 4 aromatic heterocycles. The highest BCUT2D eigenvalue weighted by Gasteiger charge is 2.20. The molecule has 0 radical (unpaired) electrons. The van der Waals surface area contributed by atoms with Crippen LogP contribution in [0.1, 0.15) is 11.3 Å². The van der Waals surface area contributed by atoms with Gasteiger partial charge < -0.3 is 15.3 Å². The maximum atomic E-state index is 13.3. The fourth-order valence-electron chi connectivity index (χ4n) is 3.81. The first kappa shape index (κ1) is 18.0. The van der Waals surface area contributed by atoms with Gasteiger partial charge >= 0.3 is 5.69 Å². The lowest BCUT2D eigenvalue weighted by Crippen LogP contribution is -2.39. The van der Waals surface area contributed by atoms with Gasteiger partial charge in [-0.15, -0.1) is 0 Å². The van der Waals surface area contributed by atoms with Crippen molar-refractivity contribution in [1.29, 1.82) is 0 Å². The average Bonchev–Trinajstić information content (AvgIpc) is 3.40. The van der Waals surface area contributed by atoms with Gasteiger partial charge in [0.2, 0.25) is 5.95 Å². The maximum absolute atomic E-state index is 13.3. The summed E-state index contributed by atoms with van der Waals surface area (Å²) in [6.45, 7) is 2.15. The second-order valence-electron chi connectivity index (χ2n) is 7.43. The fraction of sp³-hybridized carbons (Fsp3) is 0.200. The van der Waals surface area contributed by atoms with Crippen LogP contribution in [0, 0.1) is 6.92 Å². The van der Waals surface area contributed by atoms with Gasteiger partial charge in [-0.25, -0.2) is 4.79 Å². The minimum absolute atomic E-state index is 0.125. The van der Waals surface area contributed by atoms with Crippen molar-refractivity contribution in [1.82, 2.24) is 33.4 Å². The number of aryl methyl sites for hydroxylation is 3. The molecule has 0 saturated carbocycles. The van der Waals surface area contributed by atoms with E-state index in [4.69, 9.17) is 5.73 Å². The van der Waals surface area contributed by atoms with Crippen LogP contribution in [0.3, 0.4) is 0 Å². The monoisotopic (exact) mass is 404 g/mol. The molecule has 4 heterocycles. The van der Waals surface area contributed by atoms with Crippen LogP contribution in [0.25, 0.3) is 28.0 Å². The van der Waals surface area contributed by atoms with E-state index in [-0.39, 0.29) is 12.2 Å². The maximum Gasteiger partial charge on any atom is 0.332 e. The molecule has 0 spiro atoms. The molecule has 0 saturated heterocycles. The van der Waals surface area contributed by atoms with Crippen LogP contribution in [-0.2, 0) is 20.6 Å². The Bertz CT molecular complexity index is 1560. The van der Waals surface area contributed by atoms with E-state index < -0.39 is 11.2 Å². The summed E-state index contributed by atoms with van der Waals surface area (Å²) >= 11 is 0. The van der Waals surface area contributed by atoms with E-state index in [0.29, 0.717) is 17.3 Å². The smallest absolute Gasteiger partial charge is 0.332 e. The van der Waals surface area contributed by atoms with Crippen LogP contribution in [0.5, 0.6) is 0 Å². The Morgan fingerprint density at radius 3 is 2.63 bits per heavy atom. The average molecular weight is 404 g/mol. The lowest BCUT2D eigenvalue weighted by Gasteiger charge is -2.07. The van der Waals surface area contributed by atoms with Crippen molar-refractivity contribution in [3.8, 4) is 5.95 Å². The Balaban J connectivity index is 1.70. The van der Waals surface area contributed by atoms with E-state index in [2.05, 4.69) is 21.1 Å². The Morgan fingerprint density at radius 2 is 1.90 bits per heavy atom. The molecular formula is C20H20N8O2. The van der Waals surface area contributed by atoms with E-state index in [1.807, 2.05) is 25.1 Å². The predicted octanol–water partition coefficient (Wildman–Crippen LogP) is 1.04. The zero-order valence-corrected chi connectivity index (χ0v) is 16.7. The van der Waals surface area contributed by atoms with Crippen molar-refractivity contribution in [2.45, 2.75) is 13.5 Å². The molecular weight excluding hydrogens is 384 g/mol. The zero-order valence-electron chi connectivity index (χ0n) is 16.7. The molecule has 0 aliphatic heterocycles. The third-order valence-electron chi connectivity index (χ3n) is 5.36.